The molecule has 0 radical (unpaired) electrons. The van der Waals surface area contributed by atoms with E-state index in [0.717, 1.165) is 13.1 Å². The van der Waals surface area contributed by atoms with Gasteiger partial charge in [-0.2, -0.15) is 0 Å². The highest BCUT2D eigenvalue weighted by Gasteiger charge is 2.23. The summed E-state index contributed by atoms with van der Waals surface area (Å²) in [6, 6.07) is 9.89. The van der Waals surface area contributed by atoms with Crippen LogP contribution in [0, 0.1) is 13.8 Å². The maximum Gasteiger partial charge on any atom is 0.320 e. The Balaban J connectivity index is 1.65. The Morgan fingerprint density at radius 3 is 2.76 bits per heavy atom. The number of carbonyl (C=O) groups excluding carboxylic acids is 1. The summed E-state index contributed by atoms with van der Waals surface area (Å²) in [6.07, 6.45) is 0. The first-order chi connectivity index (χ1) is 12.1. The molecule has 2 heterocycles. The van der Waals surface area contributed by atoms with Gasteiger partial charge in [0.15, 0.2) is 5.82 Å². The SMILES string of the molecule is Cc1cccc([C@H](CNC(=O)Nc2cc(C)on2)N2CCOCC2)c1. The first kappa shape index (κ1) is 17.4. The number of hydrogen-bond donors (Lipinski definition) is 2. The second-order valence-electron chi connectivity index (χ2n) is 6.24. The Morgan fingerprint density at radius 1 is 1.28 bits per heavy atom. The summed E-state index contributed by atoms with van der Waals surface area (Å²) in [5.41, 5.74) is 2.40. The zero-order valence-electron chi connectivity index (χ0n) is 14.6. The molecule has 2 amide bonds. The van der Waals surface area contributed by atoms with Gasteiger partial charge in [-0.1, -0.05) is 35.0 Å². The first-order valence-electron chi connectivity index (χ1n) is 8.48. The van der Waals surface area contributed by atoms with Gasteiger partial charge in [0.25, 0.3) is 0 Å². The van der Waals surface area contributed by atoms with Crippen LogP contribution in [-0.2, 0) is 4.74 Å². The summed E-state index contributed by atoms with van der Waals surface area (Å²) in [5.74, 6) is 1.06. The van der Waals surface area contributed by atoms with Crippen LogP contribution in [0.3, 0.4) is 0 Å². The summed E-state index contributed by atoms with van der Waals surface area (Å²) in [6.45, 7) is 7.50. The molecule has 2 N–H and O–H groups in total. The number of amides is 2. The first-order valence-corrected chi connectivity index (χ1v) is 8.48. The molecule has 134 valence electrons. The number of anilines is 1. The molecule has 1 saturated heterocycles. The van der Waals surface area contributed by atoms with Gasteiger partial charge >= 0.3 is 6.03 Å². The molecule has 1 atom stereocenters. The average Bonchev–Trinajstić information content (AvgIpc) is 3.01. The Morgan fingerprint density at radius 2 is 2.08 bits per heavy atom. The van der Waals surface area contributed by atoms with Crippen LogP contribution in [0.15, 0.2) is 34.9 Å². The molecule has 2 aromatic rings. The maximum absolute atomic E-state index is 12.2. The highest BCUT2D eigenvalue weighted by Crippen LogP contribution is 2.22. The number of aryl methyl sites for hydroxylation is 2. The van der Waals surface area contributed by atoms with E-state index in [2.05, 4.69) is 51.9 Å². The van der Waals surface area contributed by atoms with Crippen molar-refractivity contribution in [2.24, 2.45) is 0 Å². The predicted octanol–water partition coefficient (Wildman–Crippen LogP) is 2.49. The molecule has 1 aromatic heterocycles. The number of urea groups is 1. The second kappa shape index (κ2) is 8.13. The molecule has 1 aliphatic rings. The number of ether oxygens (including phenoxy) is 1. The van der Waals surface area contributed by atoms with Crippen LogP contribution in [0.1, 0.15) is 22.9 Å². The van der Waals surface area contributed by atoms with E-state index in [1.54, 1.807) is 13.0 Å². The van der Waals surface area contributed by atoms with Crippen molar-refractivity contribution in [1.82, 2.24) is 15.4 Å². The lowest BCUT2D eigenvalue weighted by Gasteiger charge is -2.35. The number of aromatic nitrogens is 1. The quantitative estimate of drug-likeness (QED) is 0.871. The number of hydrogen-bond acceptors (Lipinski definition) is 5. The molecule has 1 aromatic carbocycles. The van der Waals surface area contributed by atoms with Crippen LogP contribution in [0.5, 0.6) is 0 Å². The van der Waals surface area contributed by atoms with Crippen molar-refractivity contribution in [3.8, 4) is 0 Å². The lowest BCUT2D eigenvalue weighted by atomic mass is 10.0. The molecule has 3 rings (SSSR count). The molecule has 0 aliphatic carbocycles. The number of rotatable bonds is 5. The van der Waals surface area contributed by atoms with E-state index in [9.17, 15) is 4.79 Å². The van der Waals surface area contributed by atoms with Crippen molar-refractivity contribution in [3.05, 3.63) is 47.2 Å². The van der Waals surface area contributed by atoms with E-state index in [4.69, 9.17) is 9.26 Å². The van der Waals surface area contributed by atoms with Gasteiger partial charge in [0, 0.05) is 25.7 Å². The molecule has 7 heteroatoms. The van der Waals surface area contributed by atoms with Gasteiger partial charge in [0.2, 0.25) is 0 Å². The van der Waals surface area contributed by atoms with Crippen LogP contribution in [0.25, 0.3) is 0 Å². The topological polar surface area (TPSA) is 79.6 Å². The van der Waals surface area contributed by atoms with Crippen molar-refractivity contribution < 1.29 is 14.1 Å². The van der Waals surface area contributed by atoms with Crippen LogP contribution in [-0.4, -0.2) is 48.9 Å². The summed E-state index contributed by atoms with van der Waals surface area (Å²) in [5, 5.41) is 9.40. The number of benzene rings is 1. The zero-order chi connectivity index (χ0) is 17.6. The minimum Gasteiger partial charge on any atom is -0.379 e. The van der Waals surface area contributed by atoms with Gasteiger partial charge in [0.1, 0.15) is 5.76 Å². The van der Waals surface area contributed by atoms with Gasteiger partial charge in [-0.15, -0.1) is 0 Å². The minimum absolute atomic E-state index is 0.105. The van der Waals surface area contributed by atoms with Crippen LogP contribution < -0.4 is 10.6 Å². The maximum atomic E-state index is 12.2. The standard InChI is InChI=1S/C18H24N4O3/c1-13-4-3-5-15(10-13)16(22-6-8-24-9-7-22)12-19-18(23)20-17-11-14(2)25-21-17/h3-5,10-11,16H,6-9,12H2,1-2H3,(H2,19,20,21,23)/t16-/m0/s1. The summed E-state index contributed by atoms with van der Waals surface area (Å²) < 4.78 is 10.4. The highest BCUT2D eigenvalue weighted by atomic mass is 16.5. The molecule has 7 nitrogen and oxygen atoms in total. The number of nitrogens with zero attached hydrogens (tertiary/aromatic N) is 2. The van der Waals surface area contributed by atoms with E-state index < -0.39 is 0 Å². The second-order valence-corrected chi connectivity index (χ2v) is 6.24. The third-order valence-corrected chi connectivity index (χ3v) is 4.24. The largest absolute Gasteiger partial charge is 0.379 e. The smallest absolute Gasteiger partial charge is 0.320 e. The fraction of sp³-hybridized carbons (Fsp3) is 0.444. The third-order valence-electron chi connectivity index (χ3n) is 4.24. The lowest BCUT2D eigenvalue weighted by Crippen LogP contribution is -2.44. The minimum atomic E-state index is -0.292. The molecule has 0 saturated carbocycles. The Hall–Kier alpha value is -2.38. The fourth-order valence-corrected chi connectivity index (χ4v) is 3.00. The van der Waals surface area contributed by atoms with Gasteiger partial charge in [-0.25, -0.2) is 4.79 Å². The van der Waals surface area contributed by atoms with E-state index >= 15 is 0 Å². The summed E-state index contributed by atoms with van der Waals surface area (Å²) in [4.78, 5) is 14.5. The van der Waals surface area contributed by atoms with Gasteiger partial charge in [-0.05, 0) is 19.4 Å². The molecule has 25 heavy (non-hydrogen) atoms. The molecular formula is C18H24N4O3. The van der Waals surface area contributed by atoms with E-state index in [-0.39, 0.29) is 12.1 Å². The third kappa shape index (κ3) is 4.80. The molecule has 0 bridgehead atoms. The molecule has 0 unspecified atom stereocenters. The van der Waals surface area contributed by atoms with Crippen molar-refractivity contribution in [1.29, 1.82) is 0 Å². The average molecular weight is 344 g/mol. The Bertz CT molecular complexity index is 710. The Labute approximate surface area is 147 Å². The van der Waals surface area contributed by atoms with Crippen molar-refractivity contribution in [3.63, 3.8) is 0 Å². The van der Waals surface area contributed by atoms with Crippen molar-refractivity contribution in [2.75, 3.05) is 38.2 Å². The summed E-state index contributed by atoms with van der Waals surface area (Å²) >= 11 is 0. The van der Waals surface area contributed by atoms with Crippen molar-refractivity contribution in [2.45, 2.75) is 19.9 Å². The number of nitrogens with one attached hydrogen (secondary N) is 2. The predicted molar refractivity (Wildman–Crippen MR) is 94.6 cm³/mol. The van der Waals surface area contributed by atoms with Gasteiger partial charge < -0.3 is 14.6 Å². The van der Waals surface area contributed by atoms with E-state index in [1.807, 2.05) is 0 Å². The Kier molecular flexibility index (Phi) is 5.67. The van der Waals surface area contributed by atoms with Crippen LogP contribution in [0.4, 0.5) is 10.6 Å². The summed E-state index contributed by atoms with van der Waals surface area (Å²) in [7, 11) is 0. The molecule has 1 fully saturated rings. The van der Waals surface area contributed by atoms with Gasteiger partial charge in [0.05, 0.1) is 19.3 Å². The highest BCUT2D eigenvalue weighted by molar-refractivity contribution is 5.88. The van der Waals surface area contributed by atoms with E-state index in [0.29, 0.717) is 31.3 Å². The zero-order valence-corrected chi connectivity index (χ0v) is 14.6. The molecule has 1 aliphatic heterocycles. The van der Waals surface area contributed by atoms with Crippen LogP contribution >= 0.6 is 0 Å². The van der Waals surface area contributed by atoms with Crippen LogP contribution in [0.2, 0.25) is 0 Å². The molecule has 0 spiro atoms. The fourth-order valence-electron chi connectivity index (χ4n) is 3.00. The van der Waals surface area contributed by atoms with E-state index in [1.165, 1.54) is 11.1 Å². The van der Waals surface area contributed by atoms with Crippen molar-refractivity contribution >= 4 is 11.8 Å². The monoisotopic (exact) mass is 344 g/mol. The number of morpholine rings is 1. The normalized spacial score (nSPS) is 16.4. The lowest BCUT2D eigenvalue weighted by molar-refractivity contribution is 0.0168. The van der Waals surface area contributed by atoms with Gasteiger partial charge in [-0.3, -0.25) is 10.2 Å². The number of carbonyl (C=O) groups is 1. The molecular weight excluding hydrogens is 320 g/mol.